The number of hydrogen-bond acceptors (Lipinski definition) is 5. The minimum Gasteiger partial charge on any atom is -0.479 e. The van der Waals surface area contributed by atoms with E-state index in [1.807, 2.05) is 0 Å². The zero-order chi connectivity index (χ0) is 12.1. The van der Waals surface area contributed by atoms with Gasteiger partial charge in [0, 0.05) is 6.42 Å². The molecule has 6 heteroatoms. The lowest BCUT2D eigenvalue weighted by atomic mass is 10.1. The molecule has 0 amide bonds. The van der Waals surface area contributed by atoms with Crippen molar-refractivity contribution in [3.8, 4) is 0 Å². The van der Waals surface area contributed by atoms with Crippen molar-refractivity contribution in [1.82, 2.24) is 0 Å². The number of benzene rings is 1. The van der Waals surface area contributed by atoms with Gasteiger partial charge in [-0.25, -0.2) is 9.68 Å². The third-order valence-electron chi connectivity index (χ3n) is 2.25. The molecule has 1 saturated heterocycles. The molecule has 2 rings (SSSR count). The van der Waals surface area contributed by atoms with Gasteiger partial charge in [0.2, 0.25) is 0 Å². The average molecular weight is 240 g/mol. The Labute approximate surface area is 97.5 Å². The smallest absolute Gasteiger partial charge is 0.337 e. The fourth-order valence-corrected chi connectivity index (χ4v) is 1.45. The van der Waals surface area contributed by atoms with E-state index in [0.29, 0.717) is 18.6 Å². The van der Waals surface area contributed by atoms with Crippen LogP contribution >= 0.6 is 0 Å². The van der Waals surface area contributed by atoms with Crippen molar-refractivity contribution >= 4 is 5.97 Å². The number of carboxylic acids is 1. The summed E-state index contributed by atoms with van der Waals surface area (Å²) in [5.41, 5.74) is 0.551. The number of hydrogen-bond donors (Lipinski definition) is 1. The maximum Gasteiger partial charge on any atom is 0.337 e. The summed E-state index contributed by atoms with van der Waals surface area (Å²) in [6, 6.07) is 8.65. The first-order chi connectivity index (χ1) is 8.27. The van der Waals surface area contributed by atoms with Gasteiger partial charge in [-0.15, -0.1) is 0 Å². The van der Waals surface area contributed by atoms with Crippen LogP contribution in [-0.2, 0) is 24.3 Å². The van der Waals surface area contributed by atoms with Gasteiger partial charge < -0.3 is 9.84 Å². The van der Waals surface area contributed by atoms with Crippen molar-refractivity contribution in [3.05, 3.63) is 35.9 Å². The second-order valence-corrected chi connectivity index (χ2v) is 3.47. The molecule has 92 valence electrons. The van der Waals surface area contributed by atoms with Gasteiger partial charge in [0.1, 0.15) is 0 Å². The number of carbonyl (C=O) groups is 1. The van der Waals surface area contributed by atoms with E-state index in [4.69, 9.17) is 9.84 Å². The predicted octanol–water partition coefficient (Wildman–Crippen LogP) is 1.44. The molecule has 0 saturated carbocycles. The minimum absolute atomic E-state index is 0.297. The molecule has 1 aliphatic heterocycles. The van der Waals surface area contributed by atoms with E-state index >= 15 is 0 Å². The zero-order valence-electron chi connectivity index (χ0n) is 8.94. The number of carboxylic acid groups (broad SMARTS) is 1. The van der Waals surface area contributed by atoms with Gasteiger partial charge in [-0.2, -0.15) is 4.89 Å². The van der Waals surface area contributed by atoms with Crippen LogP contribution in [0, 0.1) is 0 Å². The molecule has 1 fully saturated rings. The summed E-state index contributed by atoms with van der Waals surface area (Å²) in [7, 11) is 0. The van der Waals surface area contributed by atoms with E-state index in [1.54, 1.807) is 30.3 Å². The second-order valence-electron chi connectivity index (χ2n) is 3.47. The Bertz CT molecular complexity index is 359. The summed E-state index contributed by atoms with van der Waals surface area (Å²) in [5.74, 6) is -1.08. The van der Waals surface area contributed by atoms with Crippen molar-refractivity contribution in [2.75, 3.05) is 6.61 Å². The number of ether oxygens (including phenoxy) is 1. The molecule has 17 heavy (non-hydrogen) atoms. The maximum atomic E-state index is 11.1. The molecule has 0 aromatic heterocycles. The Morgan fingerprint density at radius 1 is 1.41 bits per heavy atom. The summed E-state index contributed by atoms with van der Waals surface area (Å²) in [5, 5.41) is 13.4. The van der Waals surface area contributed by atoms with Crippen molar-refractivity contribution in [2.45, 2.75) is 18.8 Å². The first-order valence-electron chi connectivity index (χ1n) is 5.15. The Hall–Kier alpha value is -1.47. The standard InChI is InChI=1S/C11H12O6/c12-11(13)10(8-4-2-1-3-5-8)15-9-6-7-14-17-16-9/h1-5,9-10H,6-7H2,(H,12,13). The highest BCUT2D eigenvalue weighted by atomic mass is 17.5. The molecule has 0 radical (unpaired) electrons. The highest BCUT2D eigenvalue weighted by Crippen LogP contribution is 2.22. The first kappa shape index (κ1) is 12.0. The van der Waals surface area contributed by atoms with E-state index in [0.717, 1.165) is 0 Å². The van der Waals surface area contributed by atoms with Gasteiger partial charge in [-0.3, -0.25) is 0 Å². The van der Waals surface area contributed by atoms with Crippen LogP contribution in [0.5, 0.6) is 0 Å². The van der Waals surface area contributed by atoms with Gasteiger partial charge in [0.25, 0.3) is 0 Å². The summed E-state index contributed by atoms with van der Waals surface area (Å²) in [6.07, 6.45) is -1.41. The summed E-state index contributed by atoms with van der Waals surface area (Å²) in [4.78, 5) is 20.3. The molecule has 1 aromatic rings. The molecule has 0 aliphatic carbocycles. The third-order valence-corrected chi connectivity index (χ3v) is 2.25. The van der Waals surface area contributed by atoms with Gasteiger partial charge in [0.15, 0.2) is 12.4 Å². The van der Waals surface area contributed by atoms with Crippen LogP contribution in [0.25, 0.3) is 0 Å². The van der Waals surface area contributed by atoms with E-state index in [9.17, 15) is 4.79 Å². The van der Waals surface area contributed by atoms with E-state index in [1.165, 1.54) is 0 Å². The Morgan fingerprint density at radius 2 is 2.18 bits per heavy atom. The molecule has 1 aromatic carbocycles. The Morgan fingerprint density at radius 3 is 2.76 bits per heavy atom. The fraction of sp³-hybridized carbons (Fsp3) is 0.364. The summed E-state index contributed by atoms with van der Waals surface area (Å²) >= 11 is 0. The SMILES string of the molecule is O=C(O)C(OC1CCOOO1)c1ccccc1. The van der Waals surface area contributed by atoms with E-state index in [2.05, 4.69) is 14.8 Å². The molecule has 1 aliphatic rings. The van der Waals surface area contributed by atoms with Gasteiger partial charge in [-0.1, -0.05) is 35.4 Å². The van der Waals surface area contributed by atoms with Gasteiger partial charge in [0.05, 0.1) is 6.61 Å². The van der Waals surface area contributed by atoms with Crippen molar-refractivity contribution in [1.29, 1.82) is 0 Å². The topological polar surface area (TPSA) is 74.2 Å². The molecule has 0 spiro atoms. The van der Waals surface area contributed by atoms with Gasteiger partial charge >= 0.3 is 5.97 Å². The molecule has 1 heterocycles. The maximum absolute atomic E-state index is 11.1. The van der Waals surface area contributed by atoms with Crippen molar-refractivity contribution < 1.29 is 29.5 Å². The van der Waals surface area contributed by atoms with E-state index in [-0.39, 0.29) is 0 Å². The quantitative estimate of drug-likeness (QED) is 0.802. The average Bonchev–Trinajstić information content (AvgIpc) is 2.38. The molecule has 6 nitrogen and oxygen atoms in total. The minimum atomic E-state index is -1.08. The molecule has 1 N–H and O–H groups in total. The highest BCUT2D eigenvalue weighted by molar-refractivity contribution is 5.74. The lowest BCUT2D eigenvalue weighted by molar-refractivity contribution is -0.573. The van der Waals surface area contributed by atoms with Crippen LogP contribution in [0.3, 0.4) is 0 Å². The molecular weight excluding hydrogens is 228 g/mol. The first-order valence-corrected chi connectivity index (χ1v) is 5.15. The summed E-state index contributed by atoms with van der Waals surface area (Å²) < 4.78 is 5.31. The number of rotatable bonds is 4. The Balaban J connectivity index is 2.05. The van der Waals surface area contributed by atoms with E-state index < -0.39 is 18.4 Å². The van der Waals surface area contributed by atoms with Crippen LogP contribution in [0.15, 0.2) is 30.3 Å². The lowest BCUT2D eigenvalue weighted by Gasteiger charge is -2.23. The molecule has 2 atom stereocenters. The molecule has 0 bridgehead atoms. The summed E-state index contributed by atoms with van der Waals surface area (Å²) in [6.45, 7) is 0.297. The lowest BCUT2D eigenvalue weighted by Crippen LogP contribution is -2.29. The van der Waals surface area contributed by atoms with Crippen LogP contribution in [0.2, 0.25) is 0 Å². The van der Waals surface area contributed by atoms with Crippen LogP contribution in [0.1, 0.15) is 18.1 Å². The largest absolute Gasteiger partial charge is 0.479 e. The second kappa shape index (κ2) is 5.74. The van der Waals surface area contributed by atoms with Crippen LogP contribution in [-0.4, -0.2) is 24.0 Å². The Kier molecular flexibility index (Phi) is 4.05. The highest BCUT2D eigenvalue weighted by Gasteiger charge is 2.27. The van der Waals surface area contributed by atoms with Crippen LogP contribution in [0.4, 0.5) is 0 Å². The predicted molar refractivity (Wildman–Crippen MR) is 54.4 cm³/mol. The van der Waals surface area contributed by atoms with Crippen molar-refractivity contribution in [3.63, 3.8) is 0 Å². The third kappa shape index (κ3) is 3.24. The van der Waals surface area contributed by atoms with Gasteiger partial charge in [-0.05, 0) is 5.56 Å². The molecule has 2 unspecified atom stereocenters. The zero-order valence-corrected chi connectivity index (χ0v) is 8.94. The normalized spacial score (nSPS) is 22.0. The fourth-order valence-electron chi connectivity index (χ4n) is 1.45. The number of aliphatic carboxylic acids is 1. The van der Waals surface area contributed by atoms with Crippen molar-refractivity contribution in [2.24, 2.45) is 0 Å². The monoisotopic (exact) mass is 240 g/mol. The molecular formula is C11H12O6. The van der Waals surface area contributed by atoms with Crippen LogP contribution < -0.4 is 0 Å².